The molecule has 2 aliphatic rings. The molecule has 51 valence electrons. The van der Waals surface area contributed by atoms with Crippen LogP contribution in [0.4, 0.5) is 0 Å². The van der Waals surface area contributed by atoms with E-state index in [4.69, 9.17) is 4.74 Å². The first-order valence-corrected chi connectivity index (χ1v) is 3.62. The molecule has 0 N–H and O–H groups in total. The molecule has 0 amide bonds. The maximum Gasteiger partial charge on any atom is 0.0545 e. The normalized spacial score (nSPS) is 32.0. The van der Waals surface area contributed by atoms with Gasteiger partial charge in [0, 0.05) is 18.5 Å². The summed E-state index contributed by atoms with van der Waals surface area (Å²) in [5.41, 5.74) is 0.585. The van der Waals surface area contributed by atoms with Gasteiger partial charge in [0.2, 0.25) is 0 Å². The van der Waals surface area contributed by atoms with E-state index in [0.717, 1.165) is 26.3 Å². The summed E-state index contributed by atoms with van der Waals surface area (Å²) in [4.78, 5) is 0. The highest BCUT2D eigenvalue weighted by Crippen LogP contribution is 2.36. The van der Waals surface area contributed by atoms with Gasteiger partial charge in [-0.05, 0) is 12.8 Å². The predicted octanol–water partition coefficient (Wildman–Crippen LogP) is 0.401. The van der Waals surface area contributed by atoms with Crippen LogP contribution in [0.1, 0.15) is 12.8 Å². The van der Waals surface area contributed by atoms with E-state index < -0.39 is 0 Å². The van der Waals surface area contributed by atoms with E-state index in [1.54, 1.807) is 0 Å². The quantitative estimate of drug-likeness (QED) is 0.461. The highest BCUT2D eigenvalue weighted by atomic mass is 16.5. The van der Waals surface area contributed by atoms with Crippen molar-refractivity contribution in [3.8, 4) is 0 Å². The largest absolute Gasteiger partial charge is 0.380 e. The van der Waals surface area contributed by atoms with Gasteiger partial charge in [-0.25, -0.2) is 5.32 Å². The average Bonchev–Trinajstić information content (AvgIpc) is 1.87. The Morgan fingerprint density at radius 2 is 1.78 bits per heavy atom. The number of ether oxygens (including phenoxy) is 1. The zero-order chi connectivity index (χ0) is 6.16. The van der Waals surface area contributed by atoms with E-state index in [9.17, 15) is 0 Å². The van der Waals surface area contributed by atoms with Crippen molar-refractivity contribution in [1.29, 1.82) is 0 Å². The summed E-state index contributed by atoms with van der Waals surface area (Å²) in [6, 6.07) is 0. The van der Waals surface area contributed by atoms with Gasteiger partial charge in [-0.3, -0.25) is 0 Å². The van der Waals surface area contributed by atoms with Gasteiger partial charge in [-0.1, -0.05) is 0 Å². The Kier molecular flexibility index (Phi) is 1.24. The fourth-order valence-electron chi connectivity index (χ4n) is 1.55. The molecule has 0 unspecified atom stereocenters. The van der Waals surface area contributed by atoms with Crippen LogP contribution in [-0.4, -0.2) is 26.3 Å². The molecule has 2 rings (SSSR count). The summed E-state index contributed by atoms with van der Waals surface area (Å²) < 4.78 is 5.17. The number of rotatable bonds is 0. The summed E-state index contributed by atoms with van der Waals surface area (Å²) >= 11 is 0. The monoisotopic (exact) mass is 126 g/mol. The highest BCUT2D eigenvalue weighted by molar-refractivity contribution is 4.89. The molecule has 0 aromatic heterocycles. The smallest absolute Gasteiger partial charge is 0.0545 e. The average molecular weight is 126 g/mol. The second-order valence-electron chi connectivity index (χ2n) is 3.16. The van der Waals surface area contributed by atoms with Crippen LogP contribution >= 0.6 is 0 Å². The molecule has 0 saturated carbocycles. The zero-order valence-corrected chi connectivity index (χ0v) is 5.60. The Balaban J connectivity index is 1.93. The van der Waals surface area contributed by atoms with Gasteiger partial charge in [0.25, 0.3) is 0 Å². The Morgan fingerprint density at radius 1 is 1.11 bits per heavy atom. The molecular weight excluding hydrogens is 114 g/mol. The fraction of sp³-hybridized carbons (Fsp3) is 1.00. The molecule has 2 heterocycles. The second kappa shape index (κ2) is 1.96. The molecule has 2 nitrogen and oxygen atoms in total. The van der Waals surface area contributed by atoms with Gasteiger partial charge in [0.15, 0.2) is 0 Å². The molecule has 0 bridgehead atoms. The molecule has 0 aromatic rings. The van der Waals surface area contributed by atoms with Crippen LogP contribution < -0.4 is 5.32 Å². The van der Waals surface area contributed by atoms with Crippen LogP contribution in [0.2, 0.25) is 0 Å². The van der Waals surface area contributed by atoms with Crippen LogP contribution in [0.5, 0.6) is 0 Å². The summed E-state index contributed by atoms with van der Waals surface area (Å²) in [6.45, 7) is 4.15. The van der Waals surface area contributed by atoms with Crippen LogP contribution in [0.15, 0.2) is 0 Å². The predicted molar refractivity (Wildman–Crippen MR) is 34.4 cm³/mol. The topological polar surface area (TPSA) is 23.3 Å². The van der Waals surface area contributed by atoms with Gasteiger partial charge in [-0.2, -0.15) is 0 Å². The summed E-state index contributed by atoms with van der Waals surface area (Å²) in [6.07, 6.45) is 2.54. The lowest BCUT2D eigenvalue weighted by atomic mass is 9.77. The van der Waals surface area contributed by atoms with Gasteiger partial charge in [-0.15, -0.1) is 0 Å². The first kappa shape index (κ1) is 5.69. The first-order valence-electron chi connectivity index (χ1n) is 3.62. The van der Waals surface area contributed by atoms with Crippen molar-refractivity contribution in [2.75, 3.05) is 26.3 Å². The Hall–Kier alpha value is -0.0800. The van der Waals surface area contributed by atoms with E-state index in [-0.39, 0.29) is 0 Å². The molecule has 2 saturated heterocycles. The van der Waals surface area contributed by atoms with Gasteiger partial charge < -0.3 is 4.74 Å². The Labute approximate surface area is 55.6 Å². The van der Waals surface area contributed by atoms with E-state index in [0.29, 0.717) is 5.41 Å². The Morgan fingerprint density at radius 3 is 2.11 bits per heavy atom. The summed E-state index contributed by atoms with van der Waals surface area (Å²) in [7, 11) is 0. The lowest BCUT2D eigenvalue weighted by molar-refractivity contribution is -0.127. The van der Waals surface area contributed by atoms with E-state index in [1.165, 1.54) is 12.8 Å². The number of hydrogen-bond donors (Lipinski definition) is 0. The van der Waals surface area contributed by atoms with E-state index in [1.807, 2.05) is 0 Å². The fourth-order valence-corrected chi connectivity index (χ4v) is 1.55. The third-order valence-electron chi connectivity index (χ3n) is 2.42. The van der Waals surface area contributed by atoms with Crippen molar-refractivity contribution >= 4 is 0 Å². The van der Waals surface area contributed by atoms with Crippen molar-refractivity contribution < 1.29 is 4.74 Å². The minimum Gasteiger partial charge on any atom is -0.380 e. The van der Waals surface area contributed by atoms with Crippen LogP contribution in [0.25, 0.3) is 0 Å². The lowest BCUT2D eigenvalue weighted by Gasteiger charge is -2.43. The third kappa shape index (κ3) is 0.864. The van der Waals surface area contributed by atoms with Crippen molar-refractivity contribution in [1.82, 2.24) is 5.32 Å². The molecule has 2 heteroatoms. The molecule has 2 aliphatic heterocycles. The van der Waals surface area contributed by atoms with E-state index >= 15 is 0 Å². The first-order chi connectivity index (χ1) is 4.41. The summed E-state index contributed by atoms with van der Waals surface area (Å²) in [5.74, 6) is 0. The molecular formula is C7H12NO. The third-order valence-corrected chi connectivity index (χ3v) is 2.42. The highest BCUT2D eigenvalue weighted by Gasteiger charge is 2.39. The molecule has 0 atom stereocenters. The van der Waals surface area contributed by atoms with Crippen LogP contribution in [-0.2, 0) is 4.74 Å². The minimum atomic E-state index is 0.585. The summed E-state index contributed by atoms with van der Waals surface area (Å²) in [5, 5.41) is 4.30. The van der Waals surface area contributed by atoms with Gasteiger partial charge >= 0.3 is 0 Å². The molecule has 0 aliphatic carbocycles. The standard InChI is InChI=1S/C7H12NO/c1-3-8-4-2-7(1)5-9-6-7/h1-6H2. The lowest BCUT2D eigenvalue weighted by Crippen LogP contribution is -2.48. The SMILES string of the molecule is C1CC2(CC[N]1)COC2. The van der Waals surface area contributed by atoms with Gasteiger partial charge in [0.1, 0.15) is 0 Å². The van der Waals surface area contributed by atoms with Crippen molar-refractivity contribution in [3.05, 3.63) is 0 Å². The Bertz CT molecular complexity index is 101. The van der Waals surface area contributed by atoms with Crippen molar-refractivity contribution in [2.45, 2.75) is 12.8 Å². The van der Waals surface area contributed by atoms with Gasteiger partial charge in [0.05, 0.1) is 13.2 Å². The molecule has 9 heavy (non-hydrogen) atoms. The number of piperidine rings is 1. The second-order valence-corrected chi connectivity index (χ2v) is 3.16. The molecule has 1 radical (unpaired) electrons. The van der Waals surface area contributed by atoms with Crippen molar-refractivity contribution in [2.24, 2.45) is 5.41 Å². The van der Waals surface area contributed by atoms with Crippen LogP contribution in [0, 0.1) is 5.41 Å². The van der Waals surface area contributed by atoms with Crippen LogP contribution in [0.3, 0.4) is 0 Å². The van der Waals surface area contributed by atoms with Crippen molar-refractivity contribution in [3.63, 3.8) is 0 Å². The molecule has 2 fully saturated rings. The number of nitrogens with zero attached hydrogens (tertiary/aromatic N) is 1. The molecule has 0 aromatic carbocycles. The molecule has 1 spiro atoms. The van der Waals surface area contributed by atoms with E-state index in [2.05, 4.69) is 5.32 Å². The number of hydrogen-bond acceptors (Lipinski definition) is 1. The zero-order valence-electron chi connectivity index (χ0n) is 5.60. The maximum atomic E-state index is 5.17. The maximum absolute atomic E-state index is 5.17. The minimum absolute atomic E-state index is 0.585.